The monoisotopic (exact) mass is 439 g/mol. The Kier molecular flexibility index (Phi) is 5.43. The van der Waals surface area contributed by atoms with Crippen molar-refractivity contribution in [3.8, 4) is 0 Å². The van der Waals surface area contributed by atoms with Crippen molar-refractivity contribution in [2.45, 2.75) is 24.8 Å². The number of aryl methyl sites for hydroxylation is 2. The molecule has 1 aromatic carbocycles. The lowest BCUT2D eigenvalue weighted by Crippen LogP contribution is -2.32. The number of halogens is 1. The molecule has 0 saturated carbocycles. The van der Waals surface area contributed by atoms with Gasteiger partial charge in [0.05, 0.1) is 16.6 Å². The van der Waals surface area contributed by atoms with E-state index in [0.717, 1.165) is 17.0 Å². The highest BCUT2D eigenvalue weighted by molar-refractivity contribution is 9.10. The maximum absolute atomic E-state index is 12.7. The van der Waals surface area contributed by atoms with Gasteiger partial charge in [-0.2, -0.15) is 16.4 Å². The molecule has 2 heterocycles. The molecule has 5 nitrogen and oxygen atoms in total. The first-order valence-corrected chi connectivity index (χ1v) is 10.9. The fourth-order valence-corrected chi connectivity index (χ4v) is 5.45. The van der Waals surface area contributed by atoms with Gasteiger partial charge in [-0.1, -0.05) is 12.1 Å². The molecule has 1 N–H and O–H groups in total. The molecular formula is C17H18BrN3O2S2. The van der Waals surface area contributed by atoms with Gasteiger partial charge in [-0.15, -0.1) is 0 Å². The average Bonchev–Trinajstić information content (AvgIpc) is 3.18. The topological polar surface area (TPSA) is 64.0 Å². The van der Waals surface area contributed by atoms with Crippen molar-refractivity contribution in [3.05, 3.63) is 68.6 Å². The van der Waals surface area contributed by atoms with E-state index in [9.17, 15) is 8.42 Å². The minimum absolute atomic E-state index is 0.197. The van der Waals surface area contributed by atoms with E-state index in [1.165, 1.54) is 0 Å². The molecule has 0 aliphatic carbocycles. The highest BCUT2D eigenvalue weighted by Gasteiger charge is 2.23. The highest BCUT2D eigenvalue weighted by Crippen LogP contribution is 2.24. The second kappa shape index (κ2) is 7.41. The van der Waals surface area contributed by atoms with Gasteiger partial charge in [-0.25, -0.2) is 13.1 Å². The molecule has 3 aromatic rings. The van der Waals surface area contributed by atoms with E-state index in [2.05, 4.69) is 25.8 Å². The molecule has 0 aliphatic rings. The van der Waals surface area contributed by atoms with Crippen LogP contribution in [0.25, 0.3) is 0 Å². The molecule has 25 heavy (non-hydrogen) atoms. The third kappa shape index (κ3) is 4.03. The number of rotatable bonds is 6. The lowest BCUT2D eigenvalue weighted by molar-refractivity contribution is 0.494. The summed E-state index contributed by atoms with van der Waals surface area (Å²) in [7, 11) is -3.63. The Bertz CT molecular complexity index is 966. The van der Waals surface area contributed by atoms with Crippen LogP contribution in [0.15, 0.2) is 56.5 Å². The first-order valence-electron chi connectivity index (χ1n) is 7.67. The molecule has 0 fully saturated rings. The van der Waals surface area contributed by atoms with E-state index in [-0.39, 0.29) is 17.5 Å². The second-order valence-corrected chi connectivity index (χ2v) is 9.10. The minimum atomic E-state index is -3.63. The Morgan fingerprint density at radius 1 is 1.28 bits per heavy atom. The van der Waals surface area contributed by atoms with Crippen LogP contribution in [-0.2, 0) is 10.0 Å². The van der Waals surface area contributed by atoms with Gasteiger partial charge >= 0.3 is 0 Å². The van der Waals surface area contributed by atoms with Gasteiger partial charge in [-0.05, 0) is 70.4 Å². The summed E-state index contributed by atoms with van der Waals surface area (Å²) in [4.78, 5) is 0.229. The van der Waals surface area contributed by atoms with E-state index in [1.54, 1.807) is 35.6 Å². The van der Waals surface area contributed by atoms with Gasteiger partial charge in [0.1, 0.15) is 0 Å². The van der Waals surface area contributed by atoms with Crippen molar-refractivity contribution < 1.29 is 8.42 Å². The first-order chi connectivity index (χ1) is 11.9. The Morgan fingerprint density at radius 3 is 2.64 bits per heavy atom. The molecule has 0 spiro atoms. The molecule has 132 valence electrons. The third-order valence-corrected chi connectivity index (χ3v) is 7.00. The predicted molar refractivity (Wildman–Crippen MR) is 103 cm³/mol. The van der Waals surface area contributed by atoms with Gasteiger partial charge in [0.15, 0.2) is 0 Å². The molecule has 0 saturated heterocycles. The lowest BCUT2D eigenvalue weighted by Gasteiger charge is -2.19. The zero-order valence-corrected chi connectivity index (χ0v) is 17.0. The molecular weight excluding hydrogens is 422 g/mol. The van der Waals surface area contributed by atoms with E-state index >= 15 is 0 Å². The minimum Gasteiger partial charge on any atom is -0.261 e. The van der Waals surface area contributed by atoms with Crippen LogP contribution in [0.4, 0.5) is 0 Å². The van der Waals surface area contributed by atoms with E-state index in [1.807, 2.05) is 41.4 Å². The fraction of sp³-hybridized carbons (Fsp3) is 0.235. The summed E-state index contributed by atoms with van der Waals surface area (Å²) in [6.07, 6.45) is 0. The van der Waals surface area contributed by atoms with Crippen LogP contribution in [0, 0.1) is 13.8 Å². The maximum atomic E-state index is 12.7. The number of sulfonamides is 1. The van der Waals surface area contributed by atoms with Crippen molar-refractivity contribution in [1.29, 1.82) is 0 Å². The SMILES string of the molecule is Cc1cc(C)n([C@H](CNS(=O)(=O)c2ccccc2Br)c2ccsc2)n1. The standard InChI is InChI=1S/C17H18BrN3O2S2/c1-12-9-13(2)21(20-12)16(14-7-8-24-11-14)10-19-25(22,23)17-6-4-3-5-15(17)18/h3-9,11,16,19H,10H2,1-2H3/t16-/m1/s1. The fourth-order valence-electron chi connectivity index (χ4n) is 2.70. The van der Waals surface area contributed by atoms with Crippen molar-refractivity contribution in [3.63, 3.8) is 0 Å². The van der Waals surface area contributed by atoms with Gasteiger partial charge < -0.3 is 0 Å². The quantitative estimate of drug-likeness (QED) is 0.633. The summed E-state index contributed by atoms with van der Waals surface area (Å²) in [6.45, 7) is 4.13. The molecule has 1 atom stereocenters. The summed E-state index contributed by atoms with van der Waals surface area (Å²) in [5, 5.41) is 8.54. The summed E-state index contributed by atoms with van der Waals surface area (Å²) in [5.41, 5.74) is 2.94. The van der Waals surface area contributed by atoms with E-state index in [0.29, 0.717) is 4.47 Å². The highest BCUT2D eigenvalue weighted by atomic mass is 79.9. The van der Waals surface area contributed by atoms with Crippen molar-refractivity contribution in [2.24, 2.45) is 0 Å². The molecule has 0 amide bonds. The predicted octanol–water partition coefficient (Wildman–Crippen LogP) is 3.89. The normalized spacial score (nSPS) is 13.1. The number of nitrogens with zero attached hydrogens (tertiary/aromatic N) is 2. The van der Waals surface area contributed by atoms with Crippen LogP contribution in [0.3, 0.4) is 0 Å². The maximum Gasteiger partial charge on any atom is 0.241 e. The summed E-state index contributed by atoms with van der Waals surface area (Å²) in [6, 6.07) is 10.6. The third-order valence-electron chi connectivity index (χ3n) is 3.86. The van der Waals surface area contributed by atoms with Crippen molar-refractivity contribution >= 4 is 37.3 Å². The molecule has 0 unspecified atom stereocenters. The van der Waals surface area contributed by atoms with Crippen LogP contribution in [-0.4, -0.2) is 24.7 Å². The number of benzene rings is 1. The number of hydrogen-bond donors (Lipinski definition) is 1. The zero-order chi connectivity index (χ0) is 18.0. The Hall–Kier alpha value is -1.48. The van der Waals surface area contributed by atoms with Crippen LogP contribution < -0.4 is 4.72 Å². The number of nitrogens with one attached hydrogen (secondary N) is 1. The second-order valence-electron chi connectivity index (χ2n) is 5.73. The number of thiophene rings is 1. The average molecular weight is 440 g/mol. The zero-order valence-electron chi connectivity index (χ0n) is 13.8. The number of hydrogen-bond acceptors (Lipinski definition) is 4. The van der Waals surface area contributed by atoms with Crippen LogP contribution in [0.5, 0.6) is 0 Å². The molecule has 2 aromatic heterocycles. The van der Waals surface area contributed by atoms with Crippen molar-refractivity contribution in [2.75, 3.05) is 6.54 Å². The molecule has 0 aliphatic heterocycles. The largest absolute Gasteiger partial charge is 0.261 e. The Morgan fingerprint density at radius 2 is 2.04 bits per heavy atom. The van der Waals surface area contributed by atoms with Crippen LogP contribution in [0.1, 0.15) is 23.0 Å². The molecule has 8 heteroatoms. The van der Waals surface area contributed by atoms with Crippen LogP contribution in [0.2, 0.25) is 0 Å². The van der Waals surface area contributed by atoms with E-state index < -0.39 is 10.0 Å². The number of aromatic nitrogens is 2. The van der Waals surface area contributed by atoms with Gasteiger partial charge in [0.2, 0.25) is 10.0 Å². The Labute approximate surface area is 159 Å². The summed E-state index contributed by atoms with van der Waals surface area (Å²) < 4.78 is 30.5. The van der Waals surface area contributed by atoms with Crippen molar-refractivity contribution in [1.82, 2.24) is 14.5 Å². The van der Waals surface area contributed by atoms with E-state index in [4.69, 9.17) is 0 Å². The smallest absolute Gasteiger partial charge is 0.241 e. The van der Waals surface area contributed by atoms with Gasteiger partial charge in [0.25, 0.3) is 0 Å². The summed E-state index contributed by atoms with van der Waals surface area (Å²) >= 11 is 4.88. The molecule has 0 radical (unpaired) electrons. The van der Waals surface area contributed by atoms with Gasteiger partial charge in [-0.3, -0.25) is 4.68 Å². The Balaban J connectivity index is 1.90. The van der Waals surface area contributed by atoms with Crippen LogP contribution >= 0.6 is 27.3 Å². The summed E-state index contributed by atoms with van der Waals surface area (Å²) in [5.74, 6) is 0. The molecule has 0 bridgehead atoms. The first kappa shape index (κ1) is 18.3. The lowest BCUT2D eigenvalue weighted by atomic mass is 10.1. The van der Waals surface area contributed by atoms with Gasteiger partial charge in [0, 0.05) is 16.7 Å². The molecule has 3 rings (SSSR count).